The normalized spacial score (nSPS) is 12.6. The van der Waals surface area contributed by atoms with Crippen LogP contribution in [0.25, 0.3) is 0 Å². The van der Waals surface area contributed by atoms with Crippen LogP contribution < -0.4 is 5.32 Å². The molecule has 1 heterocycles. The molecule has 0 saturated carbocycles. The number of amides is 1. The number of hydrogen-bond donors (Lipinski definition) is 1. The molecule has 1 atom stereocenters. The first kappa shape index (κ1) is 18.1. The second-order valence-electron chi connectivity index (χ2n) is 5.52. The number of thiophene rings is 1. The summed E-state index contributed by atoms with van der Waals surface area (Å²) in [5.74, 6) is -1.28. The summed E-state index contributed by atoms with van der Waals surface area (Å²) < 4.78 is 52.7. The molecule has 134 valence electrons. The van der Waals surface area contributed by atoms with Gasteiger partial charge in [-0.1, -0.05) is 30.3 Å². The van der Waals surface area contributed by atoms with Crippen molar-refractivity contribution in [3.63, 3.8) is 0 Å². The number of benzene rings is 2. The van der Waals surface area contributed by atoms with Gasteiger partial charge in [-0.25, -0.2) is 4.39 Å². The minimum atomic E-state index is -4.64. The predicted molar refractivity (Wildman–Crippen MR) is 91.5 cm³/mol. The lowest BCUT2D eigenvalue weighted by molar-refractivity contribution is -0.137. The zero-order chi connectivity index (χ0) is 18.7. The van der Waals surface area contributed by atoms with Gasteiger partial charge in [-0.2, -0.15) is 13.2 Å². The molecule has 0 aliphatic carbocycles. The molecule has 0 radical (unpaired) electrons. The molecule has 2 nitrogen and oxygen atoms in total. The first-order chi connectivity index (χ1) is 12.4. The zero-order valence-electron chi connectivity index (χ0n) is 13.3. The Kier molecular flexibility index (Phi) is 5.08. The van der Waals surface area contributed by atoms with Gasteiger partial charge in [0.2, 0.25) is 0 Å². The molecular formula is C19H13F4NOS. The van der Waals surface area contributed by atoms with Crippen LogP contribution in [0.2, 0.25) is 0 Å². The third-order valence-corrected chi connectivity index (χ3v) is 4.72. The maximum Gasteiger partial charge on any atom is 0.417 e. The van der Waals surface area contributed by atoms with E-state index < -0.39 is 35.1 Å². The smallest absolute Gasteiger partial charge is 0.340 e. The predicted octanol–water partition coefficient (Wildman–Crippen LogP) is 5.43. The molecule has 0 saturated heterocycles. The van der Waals surface area contributed by atoms with E-state index in [1.807, 2.05) is 0 Å². The number of nitrogens with one attached hydrogen (secondary N) is 1. The highest BCUT2D eigenvalue weighted by atomic mass is 32.1. The number of carbonyl (C=O) groups is 1. The van der Waals surface area contributed by atoms with Crippen molar-refractivity contribution < 1.29 is 22.4 Å². The fourth-order valence-corrected chi connectivity index (χ4v) is 3.37. The highest BCUT2D eigenvalue weighted by Gasteiger charge is 2.35. The average molecular weight is 379 g/mol. The van der Waals surface area contributed by atoms with Gasteiger partial charge in [0.1, 0.15) is 5.82 Å². The third kappa shape index (κ3) is 3.94. The molecular weight excluding hydrogens is 366 g/mol. The minimum absolute atomic E-state index is 0.438. The van der Waals surface area contributed by atoms with E-state index in [4.69, 9.17) is 0 Å². The van der Waals surface area contributed by atoms with E-state index in [0.29, 0.717) is 5.56 Å². The van der Waals surface area contributed by atoms with Crippen molar-refractivity contribution in [2.24, 2.45) is 0 Å². The summed E-state index contributed by atoms with van der Waals surface area (Å²) in [6.07, 6.45) is -4.64. The maximum atomic E-state index is 13.2. The monoisotopic (exact) mass is 379 g/mol. The maximum absolute atomic E-state index is 13.2. The zero-order valence-corrected chi connectivity index (χ0v) is 14.1. The number of rotatable bonds is 4. The van der Waals surface area contributed by atoms with Crippen molar-refractivity contribution in [2.75, 3.05) is 0 Å². The Bertz CT molecular complexity index is 889. The van der Waals surface area contributed by atoms with E-state index in [0.717, 1.165) is 17.0 Å². The van der Waals surface area contributed by atoms with Crippen LogP contribution >= 0.6 is 11.3 Å². The van der Waals surface area contributed by atoms with E-state index in [-0.39, 0.29) is 0 Å². The molecule has 1 N–H and O–H groups in total. The van der Waals surface area contributed by atoms with Crippen LogP contribution in [0.5, 0.6) is 0 Å². The quantitative estimate of drug-likeness (QED) is 0.602. The molecule has 3 aromatic rings. The number of alkyl halides is 3. The van der Waals surface area contributed by atoms with Gasteiger partial charge in [0.05, 0.1) is 17.2 Å². The van der Waals surface area contributed by atoms with Crippen LogP contribution in [0, 0.1) is 5.82 Å². The molecule has 1 amide bonds. The van der Waals surface area contributed by atoms with Crippen molar-refractivity contribution in [2.45, 2.75) is 12.2 Å². The summed E-state index contributed by atoms with van der Waals surface area (Å²) in [6.45, 7) is 0. The first-order valence-corrected chi connectivity index (χ1v) is 8.50. The van der Waals surface area contributed by atoms with Gasteiger partial charge >= 0.3 is 6.18 Å². The molecule has 1 aromatic heterocycles. The first-order valence-electron chi connectivity index (χ1n) is 7.62. The average Bonchev–Trinajstić information content (AvgIpc) is 3.14. The largest absolute Gasteiger partial charge is 0.417 e. The highest BCUT2D eigenvalue weighted by molar-refractivity contribution is 7.10. The van der Waals surface area contributed by atoms with Crippen LogP contribution in [0.4, 0.5) is 17.6 Å². The summed E-state index contributed by atoms with van der Waals surface area (Å²) in [5.41, 5.74) is -0.878. The molecule has 1 unspecified atom stereocenters. The molecule has 0 bridgehead atoms. The van der Waals surface area contributed by atoms with Crippen LogP contribution in [0.15, 0.2) is 66.0 Å². The molecule has 3 rings (SSSR count). The Balaban J connectivity index is 1.96. The summed E-state index contributed by atoms with van der Waals surface area (Å²) in [5, 5.41) is 4.43. The Hall–Kier alpha value is -2.67. The Morgan fingerprint density at radius 3 is 2.27 bits per heavy atom. The van der Waals surface area contributed by atoms with Crippen LogP contribution in [-0.4, -0.2) is 5.91 Å². The second-order valence-corrected chi connectivity index (χ2v) is 6.50. The molecule has 2 aromatic carbocycles. The standard InChI is InChI=1S/C19H13F4NOS/c20-13-9-7-12(8-10-13)17(16-6-3-11-26-16)24-18(25)14-4-1-2-5-15(14)19(21,22)23/h1-11,17H,(H,24,25). The van der Waals surface area contributed by atoms with Gasteiger partial charge in [0.25, 0.3) is 5.91 Å². The van der Waals surface area contributed by atoms with E-state index in [1.54, 1.807) is 17.5 Å². The van der Waals surface area contributed by atoms with Gasteiger partial charge in [0.15, 0.2) is 0 Å². The summed E-state index contributed by atoms with van der Waals surface area (Å²) in [6, 6.07) is 12.9. The van der Waals surface area contributed by atoms with Crippen LogP contribution in [0.1, 0.15) is 32.4 Å². The Morgan fingerprint density at radius 2 is 1.65 bits per heavy atom. The Labute approximate surface area is 151 Å². The van der Waals surface area contributed by atoms with Crippen molar-refractivity contribution in [3.8, 4) is 0 Å². The molecule has 7 heteroatoms. The topological polar surface area (TPSA) is 29.1 Å². The molecule has 26 heavy (non-hydrogen) atoms. The number of halogens is 4. The number of hydrogen-bond acceptors (Lipinski definition) is 2. The lowest BCUT2D eigenvalue weighted by atomic mass is 10.0. The van der Waals surface area contributed by atoms with Crippen molar-refractivity contribution in [3.05, 3.63) is 93.4 Å². The van der Waals surface area contributed by atoms with Crippen molar-refractivity contribution in [1.29, 1.82) is 0 Å². The van der Waals surface area contributed by atoms with Gasteiger partial charge in [-0.3, -0.25) is 4.79 Å². The van der Waals surface area contributed by atoms with Crippen LogP contribution in [0.3, 0.4) is 0 Å². The van der Waals surface area contributed by atoms with E-state index in [1.165, 1.54) is 47.7 Å². The van der Waals surface area contributed by atoms with E-state index in [9.17, 15) is 22.4 Å². The van der Waals surface area contributed by atoms with Crippen molar-refractivity contribution in [1.82, 2.24) is 5.32 Å². The van der Waals surface area contributed by atoms with Crippen molar-refractivity contribution >= 4 is 17.2 Å². The fraction of sp³-hybridized carbons (Fsp3) is 0.105. The lowest BCUT2D eigenvalue weighted by Crippen LogP contribution is -2.30. The lowest BCUT2D eigenvalue weighted by Gasteiger charge is -2.20. The second kappa shape index (κ2) is 7.29. The highest BCUT2D eigenvalue weighted by Crippen LogP contribution is 2.33. The minimum Gasteiger partial charge on any atom is -0.340 e. The number of carbonyl (C=O) groups excluding carboxylic acids is 1. The summed E-state index contributed by atoms with van der Waals surface area (Å²) in [4.78, 5) is 13.3. The Morgan fingerprint density at radius 1 is 0.962 bits per heavy atom. The third-order valence-electron chi connectivity index (χ3n) is 3.78. The van der Waals surface area contributed by atoms with E-state index >= 15 is 0 Å². The molecule has 0 aliphatic heterocycles. The van der Waals surface area contributed by atoms with Gasteiger partial charge < -0.3 is 5.32 Å². The molecule has 0 spiro atoms. The molecule has 0 fully saturated rings. The molecule has 0 aliphatic rings. The van der Waals surface area contributed by atoms with Gasteiger partial charge in [-0.05, 0) is 41.3 Å². The summed E-state index contributed by atoms with van der Waals surface area (Å²) >= 11 is 1.35. The fourth-order valence-electron chi connectivity index (χ4n) is 2.57. The summed E-state index contributed by atoms with van der Waals surface area (Å²) in [7, 11) is 0. The van der Waals surface area contributed by atoms with Gasteiger partial charge in [-0.15, -0.1) is 11.3 Å². The van der Waals surface area contributed by atoms with E-state index in [2.05, 4.69) is 5.32 Å². The SMILES string of the molecule is O=C(NC(c1ccc(F)cc1)c1cccs1)c1ccccc1C(F)(F)F. The van der Waals surface area contributed by atoms with Gasteiger partial charge in [0, 0.05) is 4.88 Å². The van der Waals surface area contributed by atoms with Crippen LogP contribution in [-0.2, 0) is 6.18 Å².